The molecule has 0 unspecified atom stereocenters. The SMILES string of the molecule is COc1ccc(/C=C/[B-](F)(F)F)c(O)c1.[K+]. The van der Waals surface area contributed by atoms with E-state index in [1.54, 1.807) is 0 Å². The molecule has 0 amide bonds. The average molecular weight is 256 g/mol. The monoisotopic (exact) mass is 256 g/mol. The summed E-state index contributed by atoms with van der Waals surface area (Å²) in [6.07, 6.45) is 0.828. The minimum Gasteiger partial charge on any atom is -0.507 e. The molecule has 1 rings (SSSR count). The molecule has 0 heterocycles. The van der Waals surface area contributed by atoms with E-state index in [1.165, 1.54) is 25.3 Å². The van der Waals surface area contributed by atoms with Crippen molar-refractivity contribution in [1.82, 2.24) is 0 Å². The Morgan fingerprint density at radius 3 is 2.38 bits per heavy atom. The number of halogens is 3. The van der Waals surface area contributed by atoms with Crippen molar-refractivity contribution in [1.29, 1.82) is 0 Å². The molecule has 0 aliphatic carbocycles. The topological polar surface area (TPSA) is 29.5 Å². The third-order valence-electron chi connectivity index (χ3n) is 1.73. The second-order valence-corrected chi connectivity index (χ2v) is 2.91. The van der Waals surface area contributed by atoms with Crippen LogP contribution in [0.5, 0.6) is 11.5 Å². The van der Waals surface area contributed by atoms with Gasteiger partial charge in [-0.05, 0) is 12.1 Å². The van der Waals surface area contributed by atoms with Crippen molar-refractivity contribution in [3.63, 3.8) is 0 Å². The van der Waals surface area contributed by atoms with Gasteiger partial charge < -0.3 is 22.8 Å². The Balaban J connectivity index is 0.00000225. The molecule has 1 N–H and O–H groups in total. The van der Waals surface area contributed by atoms with Crippen molar-refractivity contribution < 1.29 is 74.2 Å². The molecule has 1 aromatic rings. The average Bonchev–Trinajstić information content (AvgIpc) is 2.14. The number of hydrogen-bond acceptors (Lipinski definition) is 2. The fraction of sp³-hybridized carbons (Fsp3) is 0.111. The molecule has 0 fully saturated rings. The molecule has 16 heavy (non-hydrogen) atoms. The predicted octanol–water partition coefficient (Wildman–Crippen LogP) is -0.195. The standard InChI is InChI=1S/C9H9BF3O2.K/c1-15-8-3-2-7(9(14)6-8)4-5-10(11,12)13;/h2-6,14H,1H3;/q-1;+1/b5-4+;. The number of aromatic hydroxyl groups is 1. The number of methoxy groups -OCH3 is 1. The van der Waals surface area contributed by atoms with Crippen LogP contribution in [-0.2, 0) is 0 Å². The van der Waals surface area contributed by atoms with Crippen molar-refractivity contribution in [3.8, 4) is 11.5 Å². The van der Waals surface area contributed by atoms with Gasteiger partial charge in [0.1, 0.15) is 11.5 Å². The molecule has 1 aromatic carbocycles. The second kappa shape index (κ2) is 6.71. The maximum absolute atomic E-state index is 11.9. The molecular weight excluding hydrogens is 247 g/mol. The van der Waals surface area contributed by atoms with E-state index in [0.29, 0.717) is 5.75 Å². The van der Waals surface area contributed by atoms with E-state index in [1.807, 2.05) is 0 Å². The van der Waals surface area contributed by atoms with Crippen LogP contribution in [0.4, 0.5) is 12.9 Å². The molecular formula is C9H9BF3KO2. The van der Waals surface area contributed by atoms with Gasteiger partial charge in [-0.2, -0.15) is 0 Å². The van der Waals surface area contributed by atoms with Gasteiger partial charge in [0.05, 0.1) is 7.11 Å². The molecule has 0 spiro atoms. The molecule has 0 bridgehead atoms. The first-order valence-corrected chi connectivity index (χ1v) is 4.18. The molecule has 0 saturated carbocycles. The van der Waals surface area contributed by atoms with Gasteiger partial charge in [0.15, 0.2) is 0 Å². The Kier molecular flexibility index (Phi) is 6.73. The summed E-state index contributed by atoms with van der Waals surface area (Å²) in [4.78, 5) is 0. The molecule has 82 valence electrons. The molecule has 0 atom stereocenters. The summed E-state index contributed by atoms with van der Waals surface area (Å²) >= 11 is 0. The second-order valence-electron chi connectivity index (χ2n) is 2.91. The van der Waals surface area contributed by atoms with Gasteiger partial charge in [-0.1, -0.05) is 6.08 Å². The number of hydrogen-bond donors (Lipinski definition) is 1. The third-order valence-corrected chi connectivity index (χ3v) is 1.73. The smallest absolute Gasteiger partial charge is 0.507 e. The fourth-order valence-corrected chi connectivity index (χ4v) is 1.00. The maximum atomic E-state index is 11.9. The molecule has 2 nitrogen and oxygen atoms in total. The molecule has 0 aromatic heterocycles. The van der Waals surface area contributed by atoms with Gasteiger partial charge in [-0.3, -0.25) is 0 Å². The summed E-state index contributed by atoms with van der Waals surface area (Å²) in [6.45, 7) is -4.98. The molecule has 0 aliphatic heterocycles. The van der Waals surface area contributed by atoms with Crippen LogP contribution in [-0.4, -0.2) is 19.2 Å². The summed E-state index contributed by atoms with van der Waals surface area (Å²) in [7, 11) is 1.41. The summed E-state index contributed by atoms with van der Waals surface area (Å²) in [5, 5.41) is 9.33. The Labute approximate surface area is 134 Å². The minimum absolute atomic E-state index is 0. The van der Waals surface area contributed by atoms with Gasteiger partial charge in [-0.15, -0.1) is 5.98 Å². The zero-order chi connectivity index (χ0) is 11.5. The van der Waals surface area contributed by atoms with Gasteiger partial charge >= 0.3 is 58.4 Å². The van der Waals surface area contributed by atoms with E-state index >= 15 is 0 Å². The fourth-order valence-electron chi connectivity index (χ4n) is 1.00. The van der Waals surface area contributed by atoms with Gasteiger partial charge in [0.2, 0.25) is 0 Å². The van der Waals surface area contributed by atoms with E-state index in [9.17, 15) is 18.1 Å². The normalized spacial score (nSPS) is 11.2. The van der Waals surface area contributed by atoms with Crippen molar-refractivity contribution in [2.45, 2.75) is 0 Å². The van der Waals surface area contributed by atoms with Crippen LogP contribution in [0.2, 0.25) is 0 Å². The molecule has 0 radical (unpaired) electrons. The predicted molar refractivity (Wildman–Crippen MR) is 52.8 cm³/mol. The third kappa shape index (κ3) is 5.40. The zero-order valence-corrected chi connectivity index (χ0v) is 12.1. The van der Waals surface area contributed by atoms with Gasteiger partial charge in [0.25, 0.3) is 0 Å². The van der Waals surface area contributed by atoms with Crippen molar-refractivity contribution in [3.05, 3.63) is 29.7 Å². The zero-order valence-electron chi connectivity index (χ0n) is 8.95. The van der Waals surface area contributed by atoms with Crippen LogP contribution in [0.3, 0.4) is 0 Å². The van der Waals surface area contributed by atoms with Crippen LogP contribution in [0.15, 0.2) is 24.2 Å². The van der Waals surface area contributed by atoms with E-state index in [0.717, 1.165) is 6.08 Å². The number of ether oxygens (including phenoxy) is 1. The van der Waals surface area contributed by atoms with Crippen molar-refractivity contribution in [2.24, 2.45) is 0 Å². The Bertz CT molecular complexity index is 380. The molecule has 0 aliphatic rings. The van der Waals surface area contributed by atoms with E-state index in [4.69, 9.17) is 4.74 Å². The summed E-state index contributed by atoms with van der Waals surface area (Å²) in [5.41, 5.74) is 0.106. The quantitative estimate of drug-likeness (QED) is 0.759. The number of rotatable bonds is 3. The van der Waals surface area contributed by atoms with E-state index < -0.39 is 6.98 Å². The first-order chi connectivity index (χ1) is 6.92. The van der Waals surface area contributed by atoms with Crippen molar-refractivity contribution >= 4 is 13.1 Å². The first-order valence-electron chi connectivity index (χ1n) is 4.18. The Hall–Kier alpha value is 0.0513. The van der Waals surface area contributed by atoms with Crippen LogP contribution in [0.25, 0.3) is 6.08 Å². The number of phenolic OH excluding ortho intramolecular Hbond substituents is 1. The van der Waals surface area contributed by atoms with Crippen LogP contribution < -0.4 is 56.1 Å². The summed E-state index contributed by atoms with van der Waals surface area (Å²) in [5.74, 6) is 0.273. The van der Waals surface area contributed by atoms with E-state index in [-0.39, 0.29) is 68.7 Å². The van der Waals surface area contributed by atoms with Gasteiger partial charge in [-0.25, -0.2) is 0 Å². The van der Waals surface area contributed by atoms with Crippen LogP contribution >= 0.6 is 0 Å². The number of benzene rings is 1. The Morgan fingerprint density at radius 1 is 1.31 bits per heavy atom. The molecule has 0 saturated heterocycles. The van der Waals surface area contributed by atoms with Crippen LogP contribution in [0, 0.1) is 0 Å². The van der Waals surface area contributed by atoms with E-state index in [2.05, 4.69) is 0 Å². The number of phenols is 1. The molecule has 7 heteroatoms. The summed E-state index contributed by atoms with van der Waals surface area (Å²) < 4.78 is 40.5. The minimum atomic E-state index is -4.98. The summed E-state index contributed by atoms with van der Waals surface area (Å²) in [6, 6.07) is 4.08. The first kappa shape index (κ1) is 16.1. The van der Waals surface area contributed by atoms with Crippen LogP contribution in [0.1, 0.15) is 5.56 Å². The van der Waals surface area contributed by atoms with Crippen molar-refractivity contribution in [2.75, 3.05) is 7.11 Å². The van der Waals surface area contributed by atoms with Gasteiger partial charge in [0, 0.05) is 11.6 Å². The maximum Gasteiger partial charge on any atom is 1.00 e. The Morgan fingerprint density at radius 2 is 1.94 bits per heavy atom. The largest absolute Gasteiger partial charge is 1.00 e.